The van der Waals surface area contributed by atoms with E-state index in [9.17, 15) is 0 Å². The molecule has 1 unspecified atom stereocenters. The standard InChI is InChI=1S/C12H20N4O2/c1-9(2)18-11-3-4-14-12(15-11)16-5-6-17-10(7-13)8-16/h3-4,9-10H,5-8,13H2,1-2H3. The number of aromatic nitrogens is 2. The summed E-state index contributed by atoms with van der Waals surface area (Å²) in [4.78, 5) is 10.8. The molecule has 100 valence electrons. The van der Waals surface area contributed by atoms with Crippen molar-refractivity contribution in [2.24, 2.45) is 5.73 Å². The van der Waals surface area contributed by atoms with Crippen LogP contribution < -0.4 is 15.4 Å². The lowest BCUT2D eigenvalue weighted by atomic mass is 10.3. The molecule has 1 saturated heterocycles. The number of hydrogen-bond acceptors (Lipinski definition) is 6. The van der Waals surface area contributed by atoms with Gasteiger partial charge in [0.2, 0.25) is 11.8 Å². The van der Waals surface area contributed by atoms with Gasteiger partial charge in [-0.05, 0) is 13.8 Å². The van der Waals surface area contributed by atoms with Gasteiger partial charge in [0.15, 0.2) is 0 Å². The molecule has 6 heteroatoms. The Labute approximate surface area is 107 Å². The molecule has 1 aromatic heterocycles. The number of anilines is 1. The van der Waals surface area contributed by atoms with E-state index >= 15 is 0 Å². The van der Waals surface area contributed by atoms with Crippen LogP contribution in [0.5, 0.6) is 5.88 Å². The number of nitrogens with zero attached hydrogens (tertiary/aromatic N) is 3. The van der Waals surface area contributed by atoms with E-state index in [0.717, 1.165) is 13.1 Å². The first kappa shape index (κ1) is 13.0. The van der Waals surface area contributed by atoms with Gasteiger partial charge in [0.25, 0.3) is 0 Å². The fraction of sp³-hybridized carbons (Fsp3) is 0.667. The van der Waals surface area contributed by atoms with E-state index in [2.05, 4.69) is 14.9 Å². The summed E-state index contributed by atoms with van der Waals surface area (Å²) in [6.45, 7) is 6.62. The fourth-order valence-electron chi connectivity index (χ4n) is 1.84. The maximum absolute atomic E-state index is 5.62. The highest BCUT2D eigenvalue weighted by molar-refractivity contribution is 5.32. The fourth-order valence-corrected chi connectivity index (χ4v) is 1.84. The lowest BCUT2D eigenvalue weighted by molar-refractivity contribution is 0.0459. The highest BCUT2D eigenvalue weighted by Crippen LogP contribution is 2.16. The van der Waals surface area contributed by atoms with Crippen molar-refractivity contribution in [2.75, 3.05) is 31.1 Å². The van der Waals surface area contributed by atoms with Gasteiger partial charge in [0, 0.05) is 31.9 Å². The molecule has 2 heterocycles. The molecule has 1 aliphatic heterocycles. The zero-order chi connectivity index (χ0) is 13.0. The molecule has 6 nitrogen and oxygen atoms in total. The molecule has 1 aromatic rings. The number of morpholine rings is 1. The molecule has 0 amide bonds. The maximum atomic E-state index is 5.62. The van der Waals surface area contributed by atoms with Crippen LogP contribution in [0.4, 0.5) is 5.95 Å². The minimum atomic E-state index is 0.0528. The minimum Gasteiger partial charge on any atom is -0.475 e. The van der Waals surface area contributed by atoms with Crippen LogP contribution in [0.2, 0.25) is 0 Å². The number of nitrogens with two attached hydrogens (primary N) is 1. The van der Waals surface area contributed by atoms with Crippen LogP contribution in [0.1, 0.15) is 13.8 Å². The predicted octanol–water partition coefficient (Wildman–Crippen LogP) is 0.428. The Morgan fingerprint density at radius 2 is 2.44 bits per heavy atom. The second-order valence-corrected chi connectivity index (χ2v) is 4.54. The third-order valence-corrected chi connectivity index (χ3v) is 2.66. The van der Waals surface area contributed by atoms with Crippen LogP contribution in [0.25, 0.3) is 0 Å². The van der Waals surface area contributed by atoms with Gasteiger partial charge in [0.1, 0.15) is 0 Å². The summed E-state index contributed by atoms with van der Waals surface area (Å²) in [5, 5.41) is 0. The van der Waals surface area contributed by atoms with E-state index in [1.165, 1.54) is 0 Å². The van der Waals surface area contributed by atoms with Gasteiger partial charge in [-0.25, -0.2) is 4.98 Å². The first-order valence-corrected chi connectivity index (χ1v) is 6.25. The molecule has 2 N–H and O–H groups in total. The van der Waals surface area contributed by atoms with E-state index in [1.54, 1.807) is 12.3 Å². The Kier molecular flexibility index (Phi) is 4.33. The molecule has 0 spiro atoms. The third-order valence-electron chi connectivity index (χ3n) is 2.66. The Bertz CT molecular complexity index is 386. The van der Waals surface area contributed by atoms with E-state index in [-0.39, 0.29) is 12.2 Å². The van der Waals surface area contributed by atoms with E-state index in [1.807, 2.05) is 13.8 Å². The lowest BCUT2D eigenvalue weighted by Crippen LogP contribution is -2.46. The average Bonchev–Trinajstić information content (AvgIpc) is 2.38. The lowest BCUT2D eigenvalue weighted by Gasteiger charge is -2.32. The van der Waals surface area contributed by atoms with Gasteiger partial charge in [-0.15, -0.1) is 0 Å². The number of rotatable bonds is 4. The smallest absolute Gasteiger partial charge is 0.228 e. The topological polar surface area (TPSA) is 73.5 Å². The van der Waals surface area contributed by atoms with Gasteiger partial charge < -0.3 is 20.1 Å². The molecular formula is C12H20N4O2. The summed E-state index contributed by atoms with van der Waals surface area (Å²) in [5.74, 6) is 1.28. The van der Waals surface area contributed by atoms with Crippen LogP contribution in [0.3, 0.4) is 0 Å². The first-order chi connectivity index (χ1) is 8.69. The maximum Gasteiger partial charge on any atom is 0.228 e. The molecule has 2 rings (SSSR count). The molecule has 1 aliphatic rings. The van der Waals surface area contributed by atoms with Crippen molar-refractivity contribution < 1.29 is 9.47 Å². The third kappa shape index (κ3) is 3.30. The Morgan fingerprint density at radius 3 is 3.17 bits per heavy atom. The molecule has 0 saturated carbocycles. The van der Waals surface area contributed by atoms with Crippen molar-refractivity contribution in [3.05, 3.63) is 12.3 Å². The van der Waals surface area contributed by atoms with Crippen molar-refractivity contribution in [2.45, 2.75) is 26.1 Å². The molecular weight excluding hydrogens is 232 g/mol. The highest BCUT2D eigenvalue weighted by Gasteiger charge is 2.21. The Morgan fingerprint density at radius 1 is 1.61 bits per heavy atom. The van der Waals surface area contributed by atoms with Gasteiger partial charge in [-0.3, -0.25) is 0 Å². The van der Waals surface area contributed by atoms with Crippen molar-refractivity contribution in [3.63, 3.8) is 0 Å². The summed E-state index contributed by atoms with van der Waals surface area (Å²) in [6.07, 6.45) is 1.87. The van der Waals surface area contributed by atoms with Crippen molar-refractivity contribution >= 4 is 5.95 Å². The average molecular weight is 252 g/mol. The second-order valence-electron chi connectivity index (χ2n) is 4.54. The summed E-state index contributed by atoms with van der Waals surface area (Å²) in [7, 11) is 0. The Hall–Kier alpha value is -1.40. The van der Waals surface area contributed by atoms with Crippen molar-refractivity contribution in [1.29, 1.82) is 0 Å². The van der Waals surface area contributed by atoms with Crippen LogP contribution >= 0.6 is 0 Å². The van der Waals surface area contributed by atoms with Gasteiger partial charge in [0.05, 0.1) is 18.8 Å². The largest absolute Gasteiger partial charge is 0.475 e. The molecule has 0 aliphatic carbocycles. The first-order valence-electron chi connectivity index (χ1n) is 6.25. The van der Waals surface area contributed by atoms with E-state index < -0.39 is 0 Å². The van der Waals surface area contributed by atoms with Crippen LogP contribution in [0.15, 0.2) is 12.3 Å². The summed E-state index contributed by atoms with van der Waals surface area (Å²) >= 11 is 0. The van der Waals surface area contributed by atoms with Gasteiger partial charge in [-0.1, -0.05) is 0 Å². The zero-order valence-electron chi connectivity index (χ0n) is 10.9. The van der Waals surface area contributed by atoms with E-state index in [0.29, 0.717) is 25.0 Å². The summed E-state index contributed by atoms with van der Waals surface area (Å²) < 4.78 is 11.1. The normalized spacial score (nSPS) is 20.2. The van der Waals surface area contributed by atoms with Crippen molar-refractivity contribution in [3.8, 4) is 5.88 Å². The zero-order valence-corrected chi connectivity index (χ0v) is 10.9. The number of hydrogen-bond donors (Lipinski definition) is 1. The van der Waals surface area contributed by atoms with Gasteiger partial charge in [-0.2, -0.15) is 4.98 Å². The monoisotopic (exact) mass is 252 g/mol. The Balaban J connectivity index is 2.07. The second kappa shape index (κ2) is 5.97. The molecule has 0 radical (unpaired) electrons. The molecule has 1 fully saturated rings. The SMILES string of the molecule is CC(C)Oc1ccnc(N2CCOC(CN)C2)n1. The number of ether oxygens (including phenoxy) is 2. The van der Waals surface area contributed by atoms with E-state index in [4.69, 9.17) is 15.2 Å². The van der Waals surface area contributed by atoms with Crippen LogP contribution in [-0.2, 0) is 4.74 Å². The predicted molar refractivity (Wildman–Crippen MR) is 68.8 cm³/mol. The van der Waals surface area contributed by atoms with Crippen molar-refractivity contribution in [1.82, 2.24) is 9.97 Å². The summed E-state index contributed by atoms with van der Waals surface area (Å²) in [5.41, 5.74) is 5.62. The van der Waals surface area contributed by atoms with Crippen LogP contribution in [0, 0.1) is 0 Å². The summed E-state index contributed by atoms with van der Waals surface area (Å²) in [6, 6.07) is 1.77. The van der Waals surface area contributed by atoms with Gasteiger partial charge >= 0.3 is 0 Å². The van der Waals surface area contributed by atoms with Crippen LogP contribution in [-0.4, -0.2) is 48.4 Å². The molecule has 18 heavy (non-hydrogen) atoms. The molecule has 0 bridgehead atoms. The highest BCUT2D eigenvalue weighted by atomic mass is 16.5. The molecule has 0 aromatic carbocycles. The molecule has 1 atom stereocenters. The minimum absolute atomic E-state index is 0.0528. The quantitative estimate of drug-likeness (QED) is 0.837.